The summed E-state index contributed by atoms with van der Waals surface area (Å²) in [6.45, 7) is 3.56. The van der Waals surface area contributed by atoms with Crippen molar-refractivity contribution >= 4 is 16.7 Å². The molecule has 0 aliphatic heterocycles. The Bertz CT molecular complexity index is 480. The maximum atomic E-state index is 11.7. The van der Waals surface area contributed by atoms with E-state index in [9.17, 15) is 4.79 Å². The molecule has 18 heavy (non-hydrogen) atoms. The van der Waals surface area contributed by atoms with Gasteiger partial charge in [0.25, 0.3) is 0 Å². The molecule has 0 amide bonds. The second kappa shape index (κ2) is 6.22. The zero-order valence-electron chi connectivity index (χ0n) is 10.1. The van der Waals surface area contributed by atoms with Crippen LogP contribution in [0.25, 0.3) is 0 Å². The Morgan fingerprint density at radius 3 is 1.78 bits per heavy atom. The molecule has 2 aromatic rings. The van der Waals surface area contributed by atoms with Crippen LogP contribution < -0.4 is 0 Å². The molecule has 0 spiro atoms. The van der Waals surface area contributed by atoms with Gasteiger partial charge in [-0.3, -0.25) is 4.79 Å². The highest BCUT2D eigenvalue weighted by Gasteiger charge is 2.26. The van der Waals surface area contributed by atoms with E-state index >= 15 is 0 Å². The van der Waals surface area contributed by atoms with Crippen LogP contribution in [-0.4, -0.2) is 11.5 Å². The van der Waals surface area contributed by atoms with Gasteiger partial charge in [-0.2, -0.15) is 0 Å². The lowest BCUT2D eigenvalue weighted by Gasteiger charge is -2.06. The molecule has 0 N–H and O–H groups in total. The van der Waals surface area contributed by atoms with Crippen LogP contribution in [0.2, 0.25) is 0 Å². The molecule has 0 aliphatic carbocycles. The quantitative estimate of drug-likeness (QED) is 0.590. The monoisotopic (exact) mass is 255 g/mol. The topological polar surface area (TPSA) is 17.1 Å². The van der Waals surface area contributed by atoms with Crippen molar-refractivity contribution in [1.82, 2.24) is 0 Å². The Balaban J connectivity index is 2.35. The Hall–Kier alpha value is -1.80. The van der Waals surface area contributed by atoms with Crippen molar-refractivity contribution in [3.05, 3.63) is 73.3 Å². The summed E-state index contributed by atoms with van der Waals surface area (Å²) in [5.41, 5.74) is 0. The van der Waals surface area contributed by atoms with Crippen LogP contribution in [0, 0.1) is 0 Å². The second-order valence-electron chi connectivity index (χ2n) is 3.83. The Morgan fingerprint density at radius 1 is 0.944 bits per heavy atom. The zero-order valence-corrected chi connectivity index (χ0v) is 10.9. The zero-order chi connectivity index (χ0) is 12.8. The SMILES string of the molecule is C=CC(=O)C[S+](c1ccccc1)c1ccccc1. The first kappa shape index (κ1) is 12.7. The van der Waals surface area contributed by atoms with Gasteiger partial charge >= 0.3 is 0 Å². The van der Waals surface area contributed by atoms with Gasteiger partial charge in [-0.05, 0) is 30.3 Å². The largest absolute Gasteiger partial charge is 0.289 e. The maximum absolute atomic E-state index is 11.7. The summed E-state index contributed by atoms with van der Waals surface area (Å²) in [6.07, 6.45) is 1.41. The molecule has 0 fully saturated rings. The third-order valence-corrected chi connectivity index (χ3v) is 4.83. The third-order valence-electron chi connectivity index (χ3n) is 2.57. The summed E-state index contributed by atoms with van der Waals surface area (Å²) in [7, 11) is -0.202. The number of benzene rings is 2. The van der Waals surface area contributed by atoms with Crippen molar-refractivity contribution in [2.75, 3.05) is 5.75 Å². The smallest absolute Gasteiger partial charge is 0.205 e. The van der Waals surface area contributed by atoms with Gasteiger partial charge in [-0.25, -0.2) is 0 Å². The van der Waals surface area contributed by atoms with E-state index in [4.69, 9.17) is 0 Å². The molecule has 2 aromatic carbocycles. The number of rotatable bonds is 5. The first-order valence-corrected chi connectivity index (χ1v) is 7.17. The molecular formula is C16H15OS+. The Labute approximate surface area is 111 Å². The minimum absolute atomic E-state index is 0.0889. The van der Waals surface area contributed by atoms with Gasteiger partial charge in [0, 0.05) is 0 Å². The first-order valence-electron chi connectivity index (χ1n) is 5.77. The van der Waals surface area contributed by atoms with Gasteiger partial charge in [0.1, 0.15) is 0 Å². The first-order chi connectivity index (χ1) is 8.81. The molecular weight excluding hydrogens is 240 g/mol. The number of carbonyl (C=O) groups is 1. The minimum atomic E-state index is -0.202. The standard InChI is InChI=1S/C16H15OS/c1-2-14(17)13-18(15-9-5-3-6-10-15)16-11-7-4-8-12-16/h2-12H,1,13H2/q+1. The lowest BCUT2D eigenvalue weighted by atomic mass is 10.4. The molecule has 90 valence electrons. The molecule has 0 aromatic heterocycles. The summed E-state index contributed by atoms with van der Waals surface area (Å²) >= 11 is 0. The van der Waals surface area contributed by atoms with Crippen molar-refractivity contribution < 1.29 is 4.79 Å². The van der Waals surface area contributed by atoms with Crippen LogP contribution in [0.5, 0.6) is 0 Å². The summed E-state index contributed by atoms with van der Waals surface area (Å²) in [4.78, 5) is 14.0. The molecule has 0 radical (unpaired) electrons. The average Bonchev–Trinajstić information content (AvgIpc) is 2.46. The molecule has 0 saturated carbocycles. The highest BCUT2D eigenvalue weighted by Crippen LogP contribution is 2.23. The molecule has 0 unspecified atom stereocenters. The van der Waals surface area contributed by atoms with Crippen LogP contribution in [0.1, 0.15) is 0 Å². The molecule has 2 rings (SSSR count). The highest BCUT2D eigenvalue weighted by molar-refractivity contribution is 7.97. The van der Waals surface area contributed by atoms with E-state index in [-0.39, 0.29) is 16.7 Å². The lowest BCUT2D eigenvalue weighted by molar-refractivity contribution is -0.112. The van der Waals surface area contributed by atoms with Gasteiger partial charge < -0.3 is 0 Å². The van der Waals surface area contributed by atoms with E-state index < -0.39 is 0 Å². The average molecular weight is 255 g/mol. The van der Waals surface area contributed by atoms with Gasteiger partial charge in [-0.15, -0.1) is 0 Å². The van der Waals surface area contributed by atoms with Crippen LogP contribution >= 0.6 is 0 Å². The van der Waals surface area contributed by atoms with E-state index in [1.807, 2.05) is 36.4 Å². The molecule has 0 saturated heterocycles. The van der Waals surface area contributed by atoms with Crippen LogP contribution in [0.15, 0.2) is 83.1 Å². The van der Waals surface area contributed by atoms with Crippen molar-refractivity contribution in [1.29, 1.82) is 0 Å². The summed E-state index contributed by atoms with van der Waals surface area (Å²) < 4.78 is 0. The fraction of sp³-hybridized carbons (Fsp3) is 0.0625. The lowest BCUT2D eigenvalue weighted by Crippen LogP contribution is -2.15. The van der Waals surface area contributed by atoms with Crippen LogP contribution in [-0.2, 0) is 15.7 Å². The van der Waals surface area contributed by atoms with Gasteiger partial charge in [0.05, 0.1) is 10.9 Å². The summed E-state index contributed by atoms with van der Waals surface area (Å²) in [5, 5.41) is 0. The molecule has 2 heteroatoms. The van der Waals surface area contributed by atoms with Crippen molar-refractivity contribution in [3.63, 3.8) is 0 Å². The minimum Gasteiger partial charge on any atom is -0.289 e. The predicted molar refractivity (Wildman–Crippen MR) is 76.9 cm³/mol. The highest BCUT2D eigenvalue weighted by atomic mass is 32.2. The molecule has 0 bridgehead atoms. The number of carbonyl (C=O) groups excluding carboxylic acids is 1. The van der Waals surface area contributed by atoms with E-state index in [1.54, 1.807) is 0 Å². The molecule has 0 atom stereocenters. The number of ketones is 1. The third kappa shape index (κ3) is 3.11. The van der Waals surface area contributed by atoms with Crippen molar-refractivity contribution in [2.24, 2.45) is 0 Å². The number of allylic oxidation sites excluding steroid dienone is 1. The Kier molecular flexibility index (Phi) is 4.37. The summed E-state index contributed by atoms with van der Waals surface area (Å²) in [6, 6.07) is 20.3. The van der Waals surface area contributed by atoms with E-state index in [2.05, 4.69) is 30.8 Å². The van der Waals surface area contributed by atoms with Gasteiger partial charge in [-0.1, -0.05) is 43.0 Å². The van der Waals surface area contributed by atoms with E-state index in [0.29, 0.717) is 5.75 Å². The number of hydrogen-bond acceptors (Lipinski definition) is 1. The van der Waals surface area contributed by atoms with E-state index in [1.165, 1.54) is 15.9 Å². The van der Waals surface area contributed by atoms with Crippen LogP contribution in [0.3, 0.4) is 0 Å². The molecule has 0 aliphatic rings. The fourth-order valence-corrected chi connectivity index (χ4v) is 3.65. The normalized spacial score (nSPS) is 10.3. The maximum Gasteiger partial charge on any atom is 0.205 e. The molecule has 1 nitrogen and oxygen atoms in total. The summed E-state index contributed by atoms with van der Waals surface area (Å²) in [5.74, 6) is 0.586. The Morgan fingerprint density at radius 2 is 1.39 bits per heavy atom. The van der Waals surface area contributed by atoms with Gasteiger partial charge in [0.2, 0.25) is 5.78 Å². The van der Waals surface area contributed by atoms with E-state index in [0.717, 1.165) is 0 Å². The predicted octanol–water partition coefficient (Wildman–Crippen LogP) is 3.48. The van der Waals surface area contributed by atoms with Gasteiger partial charge in [0.15, 0.2) is 15.5 Å². The number of hydrogen-bond donors (Lipinski definition) is 0. The van der Waals surface area contributed by atoms with Crippen molar-refractivity contribution in [3.8, 4) is 0 Å². The van der Waals surface area contributed by atoms with Crippen molar-refractivity contribution in [2.45, 2.75) is 9.79 Å². The van der Waals surface area contributed by atoms with Crippen LogP contribution in [0.4, 0.5) is 0 Å². The fourth-order valence-electron chi connectivity index (χ4n) is 1.67. The second-order valence-corrected chi connectivity index (χ2v) is 5.84. The molecule has 0 heterocycles.